The van der Waals surface area contributed by atoms with Crippen molar-refractivity contribution in [3.8, 4) is 0 Å². The molecule has 4 nitrogen and oxygen atoms in total. The lowest BCUT2D eigenvalue weighted by atomic mass is 9.96. The van der Waals surface area contributed by atoms with Gasteiger partial charge in [-0.15, -0.1) is 22.7 Å². The fourth-order valence-corrected chi connectivity index (χ4v) is 8.88. The highest BCUT2D eigenvalue weighted by Gasteiger charge is 2.59. The van der Waals surface area contributed by atoms with E-state index in [9.17, 15) is 9.90 Å². The van der Waals surface area contributed by atoms with Crippen LogP contribution in [0.1, 0.15) is 40.1 Å². The molecule has 0 radical (unpaired) electrons. The van der Waals surface area contributed by atoms with E-state index in [0.29, 0.717) is 33.7 Å². The Balaban J connectivity index is 0.00000253. The molecule has 0 saturated heterocycles. The maximum absolute atomic E-state index is 13.6. The molecule has 3 aromatic rings. The standard InChI is InChI=1S/C28H32NO3S2.BrH/c1-29(2,21-15-18-7-3-4-8-19(18)16-21)26-20-11-12-22(26)23(17-20)32-27(30)28(31,24-9-5-13-33-24)25-10-6-14-34-25;/h3-10,13-14,20-23,26,31H,11-12,15-17H2,1-2H3;1H/q+1;/p-1/t20?,22-,23-,26?;/m1./s1. The Labute approximate surface area is 225 Å². The number of esters is 1. The lowest BCUT2D eigenvalue weighted by molar-refractivity contribution is -0.942. The maximum atomic E-state index is 13.6. The van der Waals surface area contributed by atoms with Crippen LogP contribution >= 0.6 is 22.7 Å². The minimum Gasteiger partial charge on any atom is -1.00 e. The summed E-state index contributed by atoms with van der Waals surface area (Å²) < 4.78 is 7.21. The molecule has 7 heteroatoms. The van der Waals surface area contributed by atoms with Gasteiger partial charge in [-0.1, -0.05) is 36.4 Å². The van der Waals surface area contributed by atoms with E-state index in [1.54, 1.807) is 0 Å². The van der Waals surface area contributed by atoms with Gasteiger partial charge >= 0.3 is 5.97 Å². The number of ether oxygens (including phenoxy) is 1. The largest absolute Gasteiger partial charge is 1.00 e. The van der Waals surface area contributed by atoms with Crippen LogP contribution in [0.2, 0.25) is 0 Å². The number of carbonyl (C=O) groups excluding carboxylic acids is 1. The van der Waals surface area contributed by atoms with E-state index in [0.717, 1.165) is 30.2 Å². The highest BCUT2D eigenvalue weighted by atomic mass is 79.9. The number of aliphatic hydroxyl groups is 1. The summed E-state index contributed by atoms with van der Waals surface area (Å²) in [5.74, 6) is 0.397. The Hall–Kier alpha value is -1.51. The van der Waals surface area contributed by atoms with E-state index in [1.165, 1.54) is 40.2 Å². The Morgan fingerprint density at radius 3 is 2.11 bits per heavy atom. The van der Waals surface area contributed by atoms with E-state index in [4.69, 9.17) is 4.74 Å². The van der Waals surface area contributed by atoms with Crippen LogP contribution in [0.15, 0.2) is 59.3 Å². The summed E-state index contributed by atoms with van der Waals surface area (Å²) in [4.78, 5) is 14.8. The number of rotatable bonds is 6. The van der Waals surface area contributed by atoms with Crippen molar-refractivity contribution in [2.45, 2.75) is 55.9 Å². The average molecular weight is 575 g/mol. The molecule has 2 heterocycles. The molecule has 0 aliphatic heterocycles. The number of thiophene rings is 2. The predicted octanol–water partition coefficient (Wildman–Crippen LogP) is 2.00. The zero-order valence-corrected chi connectivity index (χ0v) is 23.3. The van der Waals surface area contributed by atoms with Crippen LogP contribution in [0, 0.1) is 11.8 Å². The van der Waals surface area contributed by atoms with Crippen LogP contribution in [-0.4, -0.2) is 47.8 Å². The smallest absolute Gasteiger partial charge is 0.349 e. The molecule has 3 aliphatic rings. The number of quaternary nitrogens is 1. The average Bonchev–Trinajstić information content (AvgIpc) is 3.66. The third-order valence-corrected chi connectivity index (χ3v) is 10.8. The highest BCUT2D eigenvalue weighted by molar-refractivity contribution is 7.12. The Kier molecular flexibility index (Phi) is 6.77. The van der Waals surface area contributed by atoms with Gasteiger partial charge in [0.25, 0.3) is 0 Å². The van der Waals surface area contributed by atoms with Crippen LogP contribution in [0.3, 0.4) is 0 Å². The van der Waals surface area contributed by atoms with Gasteiger partial charge in [-0.3, -0.25) is 0 Å². The molecule has 2 aromatic heterocycles. The number of hydrogen-bond acceptors (Lipinski definition) is 5. The Morgan fingerprint density at radius 1 is 0.971 bits per heavy atom. The summed E-state index contributed by atoms with van der Waals surface area (Å²) in [5.41, 5.74) is 1.25. The molecule has 2 unspecified atom stereocenters. The van der Waals surface area contributed by atoms with E-state index < -0.39 is 11.6 Å². The molecule has 1 N–H and O–H groups in total. The minimum atomic E-state index is -1.73. The van der Waals surface area contributed by atoms with Crippen molar-refractivity contribution in [3.05, 3.63) is 80.2 Å². The quantitative estimate of drug-likeness (QED) is 0.362. The topological polar surface area (TPSA) is 46.5 Å². The van der Waals surface area contributed by atoms with E-state index >= 15 is 0 Å². The third kappa shape index (κ3) is 4.04. The first-order valence-electron chi connectivity index (χ1n) is 12.3. The molecular formula is C28H32BrNO3S2. The molecule has 4 atom stereocenters. The molecule has 0 amide bonds. The number of nitrogens with zero attached hydrogens (tertiary/aromatic N) is 1. The molecule has 35 heavy (non-hydrogen) atoms. The van der Waals surface area contributed by atoms with Gasteiger partial charge < -0.3 is 31.3 Å². The fourth-order valence-electron chi connectivity index (χ4n) is 7.17. The fraction of sp³-hybridized carbons (Fsp3) is 0.464. The first kappa shape index (κ1) is 25.2. The summed E-state index contributed by atoms with van der Waals surface area (Å²) >= 11 is 2.80. The van der Waals surface area contributed by atoms with Crippen LogP contribution < -0.4 is 17.0 Å². The summed E-state index contributed by atoms with van der Waals surface area (Å²) in [7, 11) is 4.79. The molecule has 0 spiro atoms. The highest BCUT2D eigenvalue weighted by Crippen LogP contribution is 2.52. The molecular weight excluding hydrogens is 542 g/mol. The molecule has 2 bridgehead atoms. The van der Waals surface area contributed by atoms with Crippen LogP contribution in [0.4, 0.5) is 0 Å². The SMILES string of the molecule is C[N+](C)(C1Cc2ccccc2C1)C1C2CC[C@@H]1[C@H](OC(=O)C(O)(c1cccs1)c1cccs1)C2.[Br-]. The number of likely N-dealkylation sites (N-methyl/N-ethyl adjacent to an activating group) is 1. The summed E-state index contributed by atoms with van der Waals surface area (Å²) in [5, 5.41) is 15.5. The second-order valence-corrected chi connectivity index (χ2v) is 12.7. The van der Waals surface area contributed by atoms with E-state index in [-0.39, 0.29) is 23.1 Å². The normalized spacial score (nSPS) is 25.9. The molecule has 2 saturated carbocycles. The molecule has 3 aliphatic carbocycles. The van der Waals surface area contributed by atoms with Gasteiger partial charge in [0.1, 0.15) is 6.10 Å². The first-order chi connectivity index (χ1) is 16.4. The Morgan fingerprint density at radius 2 is 1.57 bits per heavy atom. The molecule has 6 rings (SSSR count). The minimum absolute atomic E-state index is 0. The van der Waals surface area contributed by atoms with Crippen molar-refractivity contribution in [2.75, 3.05) is 14.1 Å². The number of benzene rings is 1. The zero-order chi connectivity index (χ0) is 23.5. The molecule has 2 fully saturated rings. The predicted molar refractivity (Wildman–Crippen MR) is 136 cm³/mol. The van der Waals surface area contributed by atoms with E-state index in [2.05, 4.69) is 38.4 Å². The first-order valence-corrected chi connectivity index (χ1v) is 14.1. The van der Waals surface area contributed by atoms with Gasteiger partial charge in [0, 0.05) is 24.7 Å². The molecule has 186 valence electrons. The number of hydrogen-bond donors (Lipinski definition) is 1. The van der Waals surface area contributed by atoms with Crippen molar-refractivity contribution in [1.29, 1.82) is 0 Å². The van der Waals surface area contributed by atoms with Gasteiger partial charge in [0.2, 0.25) is 5.60 Å². The van der Waals surface area contributed by atoms with Gasteiger partial charge in [0.05, 0.1) is 35.9 Å². The zero-order valence-electron chi connectivity index (χ0n) is 20.1. The van der Waals surface area contributed by atoms with Gasteiger partial charge in [0.15, 0.2) is 0 Å². The summed E-state index contributed by atoms with van der Waals surface area (Å²) in [6.07, 6.45) is 5.35. The number of carbonyl (C=O) groups is 1. The summed E-state index contributed by atoms with van der Waals surface area (Å²) in [6, 6.07) is 17.3. The Bertz CT molecular complexity index is 1120. The second kappa shape index (κ2) is 9.42. The van der Waals surface area contributed by atoms with Crippen molar-refractivity contribution in [1.82, 2.24) is 0 Å². The van der Waals surface area contributed by atoms with Crippen molar-refractivity contribution in [3.63, 3.8) is 0 Å². The maximum Gasteiger partial charge on any atom is 0.349 e. The molecule has 1 aromatic carbocycles. The van der Waals surface area contributed by atoms with Crippen LogP contribution in [-0.2, 0) is 28.0 Å². The monoisotopic (exact) mass is 573 g/mol. The lowest BCUT2D eigenvalue weighted by Gasteiger charge is -2.44. The van der Waals surface area contributed by atoms with Crippen molar-refractivity contribution in [2.24, 2.45) is 11.8 Å². The number of fused-ring (bicyclic) bond motifs is 3. The van der Waals surface area contributed by atoms with Crippen molar-refractivity contribution >= 4 is 28.6 Å². The van der Waals surface area contributed by atoms with Crippen molar-refractivity contribution < 1.29 is 36.1 Å². The number of halogens is 1. The lowest BCUT2D eigenvalue weighted by Crippen LogP contribution is -3.00. The van der Waals surface area contributed by atoms with E-state index in [1.807, 2.05) is 35.0 Å². The van der Waals surface area contributed by atoms with Gasteiger partial charge in [-0.25, -0.2) is 4.79 Å². The van der Waals surface area contributed by atoms with Gasteiger partial charge in [-0.05, 0) is 53.3 Å². The summed E-state index contributed by atoms with van der Waals surface area (Å²) in [6.45, 7) is 0. The third-order valence-electron chi connectivity index (χ3n) is 8.85. The van der Waals surface area contributed by atoms with Crippen LogP contribution in [0.25, 0.3) is 0 Å². The van der Waals surface area contributed by atoms with Crippen LogP contribution in [0.5, 0.6) is 0 Å². The van der Waals surface area contributed by atoms with Gasteiger partial charge in [-0.2, -0.15) is 0 Å². The second-order valence-electron chi connectivity index (χ2n) is 10.8.